The van der Waals surface area contributed by atoms with Crippen molar-refractivity contribution < 1.29 is 0 Å². The molecule has 0 amide bonds. The third kappa shape index (κ3) is 2.40. The molecule has 2 nitrogen and oxygen atoms in total. The summed E-state index contributed by atoms with van der Waals surface area (Å²) >= 11 is 0. The maximum Gasteiger partial charge on any atom is 0.00967 e. The number of likely N-dealkylation sites (tertiary alicyclic amines) is 1. The SMILES string of the molecule is c1ccc2c(c1)CC2CN1CCC(C2CCCN2)CC1. The number of nitrogens with one attached hydrogen (secondary N) is 1. The van der Waals surface area contributed by atoms with E-state index in [-0.39, 0.29) is 0 Å². The van der Waals surface area contributed by atoms with Gasteiger partial charge in [-0.3, -0.25) is 0 Å². The molecule has 2 aliphatic heterocycles. The van der Waals surface area contributed by atoms with Crippen LogP contribution in [-0.2, 0) is 6.42 Å². The van der Waals surface area contributed by atoms with E-state index in [1.807, 2.05) is 0 Å². The lowest BCUT2D eigenvalue weighted by Crippen LogP contribution is -2.43. The quantitative estimate of drug-likeness (QED) is 0.908. The van der Waals surface area contributed by atoms with Gasteiger partial charge in [0.1, 0.15) is 0 Å². The predicted molar refractivity (Wildman–Crippen MR) is 83.1 cm³/mol. The third-order valence-electron chi connectivity index (χ3n) is 5.74. The summed E-state index contributed by atoms with van der Waals surface area (Å²) in [6, 6.07) is 9.84. The van der Waals surface area contributed by atoms with Crippen molar-refractivity contribution in [2.75, 3.05) is 26.2 Å². The number of fused-ring (bicyclic) bond motifs is 1. The summed E-state index contributed by atoms with van der Waals surface area (Å²) in [6.07, 6.45) is 6.93. The summed E-state index contributed by atoms with van der Waals surface area (Å²) in [5.41, 5.74) is 3.20. The smallest absolute Gasteiger partial charge is 0.00967 e. The highest BCUT2D eigenvalue weighted by molar-refractivity contribution is 5.40. The number of benzene rings is 1. The molecule has 2 atom stereocenters. The van der Waals surface area contributed by atoms with E-state index in [1.165, 1.54) is 58.3 Å². The first-order chi connectivity index (χ1) is 9.90. The Morgan fingerprint density at radius 3 is 2.70 bits per heavy atom. The Hall–Kier alpha value is -0.860. The fraction of sp³-hybridized carbons (Fsp3) is 0.667. The van der Waals surface area contributed by atoms with E-state index in [9.17, 15) is 0 Å². The van der Waals surface area contributed by atoms with Crippen LogP contribution < -0.4 is 5.32 Å². The molecular weight excluding hydrogens is 244 g/mol. The van der Waals surface area contributed by atoms with E-state index in [1.54, 1.807) is 11.1 Å². The molecule has 2 saturated heterocycles. The molecule has 1 aliphatic carbocycles. The first-order valence-electron chi connectivity index (χ1n) is 8.44. The van der Waals surface area contributed by atoms with Crippen molar-refractivity contribution in [2.45, 2.75) is 44.1 Å². The molecule has 2 heteroatoms. The highest BCUT2D eigenvalue weighted by atomic mass is 15.1. The molecule has 0 radical (unpaired) electrons. The van der Waals surface area contributed by atoms with E-state index in [0.717, 1.165) is 17.9 Å². The van der Waals surface area contributed by atoms with Crippen LogP contribution in [0.4, 0.5) is 0 Å². The first kappa shape index (κ1) is 12.8. The van der Waals surface area contributed by atoms with Crippen LogP contribution in [0, 0.1) is 5.92 Å². The molecular formula is C18H26N2. The molecule has 2 unspecified atom stereocenters. The van der Waals surface area contributed by atoms with E-state index in [0.29, 0.717) is 0 Å². The van der Waals surface area contributed by atoms with Gasteiger partial charge < -0.3 is 10.2 Å². The van der Waals surface area contributed by atoms with Crippen LogP contribution in [0.2, 0.25) is 0 Å². The molecule has 1 aromatic carbocycles. The van der Waals surface area contributed by atoms with Gasteiger partial charge in [-0.05, 0) is 68.8 Å². The summed E-state index contributed by atoms with van der Waals surface area (Å²) in [7, 11) is 0. The van der Waals surface area contributed by atoms with Crippen molar-refractivity contribution in [3.05, 3.63) is 35.4 Å². The van der Waals surface area contributed by atoms with Crippen LogP contribution in [-0.4, -0.2) is 37.1 Å². The summed E-state index contributed by atoms with van der Waals surface area (Å²) in [5, 5.41) is 3.70. The van der Waals surface area contributed by atoms with E-state index in [4.69, 9.17) is 0 Å². The Morgan fingerprint density at radius 1 is 1.10 bits per heavy atom. The van der Waals surface area contributed by atoms with Gasteiger partial charge in [0.15, 0.2) is 0 Å². The van der Waals surface area contributed by atoms with Gasteiger partial charge in [-0.2, -0.15) is 0 Å². The fourth-order valence-electron chi connectivity index (χ4n) is 4.49. The predicted octanol–water partition coefficient (Wildman–Crippen LogP) is 2.79. The Morgan fingerprint density at radius 2 is 1.95 bits per heavy atom. The second-order valence-electron chi connectivity index (χ2n) is 6.94. The highest BCUT2D eigenvalue weighted by Gasteiger charge is 2.31. The van der Waals surface area contributed by atoms with Gasteiger partial charge in [-0.25, -0.2) is 0 Å². The second-order valence-corrected chi connectivity index (χ2v) is 6.94. The fourth-order valence-corrected chi connectivity index (χ4v) is 4.49. The van der Waals surface area contributed by atoms with Crippen LogP contribution in [0.25, 0.3) is 0 Å². The lowest BCUT2D eigenvalue weighted by atomic mass is 9.77. The van der Waals surface area contributed by atoms with Crippen molar-refractivity contribution >= 4 is 0 Å². The lowest BCUT2D eigenvalue weighted by Gasteiger charge is -2.39. The number of hydrogen-bond donors (Lipinski definition) is 1. The molecule has 108 valence electrons. The van der Waals surface area contributed by atoms with E-state index in [2.05, 4.69) is 34.5 Å². The highest BCUT2D eigenvalue weighted by Crippen LogP contribution is 2.36. The minimum atomic E-state index is 0.812. The Labute approximate surface area is 122 Å². The van der Waals surface area contributed by atoms with Crippen molar-refractivity contribution in [1.29, 1.82) is 0 Å². The van der Waals surface area contributed by atoms with Gasteiger partial charge in [0.2, 0.25) is 0 Å². The zero-order chi connectivity index (χ0) is 13.4. The standard InChI is InChI=1S/C18H26N2/c1-2-5-17-15(4-1)12-16(17)13-20-10-7-14(8-11-20)18-6-3-9-19-18/h1-2,4-5,14,16,18-19H,3,6-13H2. The van der Waals surface area contributed by atoms with Crippen LogP contribution in [0.3, 0.4) is 0 Å². The van der Waals surface area contributed by atoms with Gasteiger partial charge in [-0.1, -0.05) is 24.3 Å². The molecule has 4 rings (SSSR count). The molecule has 0 saturated carbocycles. The van der Waals surface area contributed by atoms with Crippen LogP contribution in [0.15, 0.2) is 24.3 Å². The average Bonchev–Trinajstić information content (AvgIpc) is 3.00. The number of rotatable bonds is 3. The van der Waals surface area contributed by atoms with E-state index >= 15 is 0 Å². The molecule has 0 spiro atoms. The molecule has 1 N–H and O–H groups in total. The second kappa shape index (κ2) is 5.50. The van der Waals surface area contributed by atoms with Crippen molar-refractivity contribution in [3.8, 4) is 0 Å². The largest absolute Gasteiger partial charge is 0.314 e. The van der Waals surface area contributed by atoms with Gasteiger partial charge >= 0.3 is 0 Å². The molecule has 0 bridgehead atoms. The average molecular weight is 270 g/mol. The molecule has 3 aliphatic rings. The Balaban J connectivity index is 1.28. The topological polar surface area (TPSA) is 15.3 Å². The van der Waals surface area contributed by atoms with Crippen LogP contribution in [0.5, 0.6) is 0 Å². The van der Waals surface area contributed by atoms with Crippen LogP contribution >= 0.6 is 0 Å². The summed E-state index contributed by atoms with van der Waals surface area (Å²) in [6.45, 7) is 5.19. The molecule has 20 heavy (non-hydrogen) atoms. The van der Waals surface area contributed by atoms with Crippen molar-refractivity contribution in [3.63, 3.8) is 0 Å². The maximum absolute atomic E-state index is 3.70. The minimum Gasteiger partial charge on any atom is -0.314 e. The van der Waals surface area contributed by atoms with E-state index < -0.39 is 0 Å². The Bertz CT molecular complexity index is 456. The molecule has 2 heterocycles. The first-order valence-corrected chi connectivity index (χ1v) is 8.44. The normalized spacial score (nSPS) is 31.0. The molecule has 1 aromatic rings. The van der Waals surface area contributed by atoms with Gasteiger partial charge in [0, 0.05) is 18.5 Å². The summed E-state index contributed by atoms with van der Waals surface area (Å²) in [4.78, 5) is 2.71. The van der Waals surface area contributed by atoms with Gasteiger partial charge in [0.05, 0.1) is 0 Å². The summed E-state index contributed by atoms with van der Waals surface area (Å²) < 4.78 is 0. The molecule has 0 aromatic heterocycles. The van der Waals surface area contributed by atoms with Crippen molar-refractivity contribution in [2.24, 2.45) is 5.92 Å². The monoisotopic (exact) mass is 270 g/mol. The number of hydrogen-bond acceptors (Lipinski definition) is 2. The number of piperidine rings is 1. The lowest BCUT2D eigenvalue weighted by molar-refractivity contribution is 0.152. The summed E-state index contributed by atoms with van der Waals surface area (Å²) in [5.74, 6) is 1.76. The third-order valence-corrected chi connectivity index (χ3v) is 5.74. The van der Waals surface area contributed by atoms with Gasteiger partial charge in [-0.15, -0.1) is 0 Å². The van der Waals surface area contributed by atoms with Crippen molar-refractivity contribution in [1.82, 2.24) is 10.2 Å². The Kier molecular flexibility index (Phi) is 3.53. The maximum atomic E-state index is 3.70. The molecule has 2 fully saturated rings. The van der Waals surface area contributed by atoms with Crippen LogP contribution in [0.1, 0.15) is 42.7 Å². The zero-order valence-electron chi connectivity index (χ0n) is 12.4. The number of nitrogens with zero attached hydrogens (tertiary/aromatic N) is 1. The minimum absolute atomic E-state index is 0.812. The van der Waals surface area contributed by atoms with Gasteiger partial charge in [0.25, 0.3) is 0 Å². The zero-order valence-corrected chi connectivity index (χ0v) is 12.4.